The number of likely N-dealkylation sites (tertiary alicyclic amines) is 1. The van der Waals surface area contributed by atoms with Crippen LogP contribution in [0.5, 0.6) is 0 Å². The van der Waals surface area contributed by atoms with Crippen LogP contribution in [0.1, 0.15) is 68.8 Å². The summed E-state index contributed by atoms with van der Waals surface area (Å²) in [6, 6.07) is 3.86. The lowest BCUT2D eigenvalue weighted by atomic mass is 9.81. The predicted molar refractivity (Wildman–Crippen MR) is 132 cm³/mol. The first-order valence-corrected chi connectivity index (χ1v) is 12.8. The Morgan fingerprint density at radius 1 is 1.05 bits per heavy atom. The van der Waals surface area contributed by atoms with Crippen molar-refractivity contribution in [2.75, 3.05) is 26.2 Å². The standard InChI is InChI=1S/C26H37F3N4O4/c1-25(2,3)37-24(36)31-20-9-10-21(18(14-20)16-33-11-4-5-12-33)32-22(34)15-30-23(35)17-7-6-8-19(13-17)26(27,28)29/h6-8,13,18,20-21H,4-5,9-12,14-16H2,1-3H3,(H,30,35)(H,31,36)(H,32,34)/t18?,20?,21-/m0/s1. The highest BCUT2D eigenvalue weighted by Gasteiger charge is 2.35. The second kappa shape index (κ2) is 12.1. The number of alkyl carbamates (subject to hydrolysis) is 1. The number of amides is 3. The maximum Gasteiger partial charge on any atom is 0.416 e. The van der Waals surface area contributed by atoms with Crippen molar-refractivity contribution in [2.24, 2.45) is 5.92 Å². The molecule has 0 radical (unpaired) electrons. The van der Waals surface area contributed by atoms with Gasteiger partial charge in [-0.2, -0.15) is 13.2 Å². The van der Waals surface area contributed by atoms with E-state index in [2.05, 4.69) is 20.9 Å². The molecule has 3 atom stereocenters. The number of hydrogen-bond acceptors (Lipinski definition) is 5. The van der Waals surface area contributed by atoms with E-state index in [1.807, 2.05) is 0 Å². The first-order valence-electron chi connectivity index (χ1n) is 12.8. The zero-order chi connectivity index (χ0) is 27.2. The lowest BCUT2D eigenvalue weighted by Crippen LogP contribution is -2.53. The van der Waals surface area contributed by atoms with E-state index in [-0.39, 0.29) is 30.1 Å². The van der Waals surface area contributed by atoms with Gasteiger partial charge in [-0.05, 0) is 90.1 Å². The van der Waals surface area contributed by atoms with E-state index in [4.69, 9.17) is 4.74 Å². The summed E-state index contributed by atoms with van der Waals surface area (Å²) in [5.41, 5.74) is -1.68. The summed E-state index contributed by atoms with van der Waals surface area (Å²) in [5.74, 6) is -1.06. The van der Waals surface area contributed by atoms with Crippen molar-refractivity contribution in [1.82, 2.24) is 20.9 Å². The number of carbonyl (C=O) groups is 3. The number of nitrogens with zero attached hydrogens (tertiary/aromatic N) is 1. The lowest BCUT2D eigenvalue weighted by Gasteiger charge is -2.39. The molecule has 1 aromatic carbocycles. The van der Waals surface area contributed by atoms with E-state index < -0.39 is 35.2 Å². The van der Waals surface area contributed by atoms with Gasteiger partial charge >= 0.3 is 12.3 Å². The van der Waals surface area contributed by atoms with Crippen molar-refractivity contribution in [1.29, 1.82) is 0 Å². The van der Waals surface area contributed by atoms with Gasteiger partial charge in [0.15, 0.2) is 0 Å². The average molecular weight is 527 g/mol. The summed E-state index contributed by atoms with van der Waals surface area (Å²) in [6.07, 6.45) is -0.775. The molecule has 2 fully saturated rings. The Kier molecular flexibility index (Phi) is 9.44. The first-order chi connectivity index (χ1) is 17.3. The van der Waals surface area contributed by atoms with E-state index in [9.17, 15) is 27.6 Å². The van der Waals surface area contributed by atoms with Gasteiger partial charge in [0, 0.05) is 24.2 Å². The largest absolute Gasteiger partial charge is 0.444 e. The summed E-state index contributed by atoms with van der Waals surface area (Å²) in [4.78, 5) is 39.6. The van der Waals surface area contributed by atoms with Gasteiger partial charge in [0.05, 0.1) is 12.1 Å². The third-order valence-corrected chi connectivity index (χ3v) is 6.60. The van der Waals surface area contributed by atoms with Gasteiger partial charge in [0.25, 0.3) is 5.91 Å². The van der Waals surface area contributed by atoms with Crippen LogP contribution in [0.2, 0.25) is 0 Å². The molecule has 0 bridgehead atoms. The van der Waals surface area contributed by atoms with Gasteiger partial charge in [0.2, 0.25) is 5.91 Å². The number of nitrogens with one attached hydrogen (secondary N) is 3. The highest BCUT2D eigenvalue weighted by molar-refractivity contribution is 5.96. The van der Waals surface area contributed by atoms with Crippen LogP contribution in [0.25, 0.3) is 0 Å². The number of hydrogen-bond donors (Lipinski definition) is 3. The fourth-order valence-corrected chi connectivity index (χ4v) is 4.92. The fourth-order valence-electron chi connectivity index (χ4n) is 4.92. The van der Waals surface area contributed by atoms with E-state index in [1.165, 1.54) is 6.07 Å². The summed E-state index contributed by atoms with van der Waals surface area (Å²) in [5, 5.41) is 8.35. The van der Waals surface area contributed by atoms with Gasteiger partial charge in [-0.3, -0.25) is 9.59 Å². The number of alkyl halides is 3. The Hall–Kier alpha value is -2.82. The zero-order valence-electron chi connectivity index (χ0n) is 21.6. The molecule has 3 N–H and O–H groups in total. The van der Waals surface area contributed by atoms with Gasteiger partial charge in [-0.15, -0.1) is 0 Å². The molecule has 1 aliphatic carbocycles. The molecule has 206 valence electrons. The van der Waals surface area contributed by atoms with E-state index >= 15 is 0 Å². The van der Waals surface area contributed by atoms with Crippen LogP contribution in [0.3, 0.4) is 0 Å². The number of ether oxygens (including phenoxy) is 1. The van der Waals surface area contributed by atoms with Gasteiger partial charge < -0.3 is 25.6 Å². The topological polar surface area (TPSA) is 99.8 Å². The normalized spacial score (nSPS) is 22.8. The number of benzene rings is 1. The second-order valence-corrected chi connectivity index (χ2v) is 10.9. The molecule has 1 saturated heterocycles. The van der Waals surface area contributed by atoms with E-state index in [0.29, 0.717) is 19.3 Å². The van der Waals surface area contributed by atoms with Crippen LogP contribution in [0.4, 0.5) is 18.0 Å². The Morgan fingerprint density at radius 2 is 1.76 bits per heavy atom. The SMILES string of the molecule is CC(C)(C)OC(=O)NC1CC[C@H](NC(=O)CNC(=O)c2cccc(C(F)(F)F)c2)C(CN2CCCC2)C1. The van der Waals surface area contributed by atoms with Crippen molar-refractivity contribution >= 4 is 17.9 Å². The van der Waals surface area contributed by atoms with Crippen LogP contribution < -0.4 is 16.0 Å². The summed E-state index contributed by atoms with van der Waals surface area (Å²) in [7, 11) is 0. The number of halogens is 3. The lowest BCUT2D eigenvalue weighted by molar-refractivity contribution is -0.137. The third-order valence-electron chi connectivity index (χ3n) is 6.60. The minimum absolute atomic E-state index is 0.0729. The second-order valence-electron chi connectivity index (χ2n) is 10.9. The molecule has 8 nitrogen and oxygen atoms in total. The molecular formula is C26H37F3N4O4. The summed E-state index contributed by atoms with van der Waals surface area (Å²) < 4.78 is 44.2. The molecule has 3 amide bonds. The monoisotopic (exact) mass is 526 g/mol. The molecule has 37 heavy (non-hydrogen) atoms. The van der Waals surface area contributed by atoms with E-state index in [1.54, 1.807) is 20.8 Å². The Bertz CT molecular complexity index is 958. The molecule has 1 saturated carbocycles. The molecule has 1 aromatic rings. The van der Waals surface area contributed by atoms with Crippen LogP contribution in [0, 0.1) is 5.92 Å². The molecule has 1 heterocycles. The Balaban J connectivity index is 1.55. The third kappa shape index (κ3) is 9.21. The molecule has 3 rings (SSSR count). The van der Waals surface area contributed by atoms with Crippen molar-refractivity contribution in [3.8, 4) is 0 Å². The molecule has 0 aromatic heterocycles. The van der Waals surface area contributed by atoms with Gasteiger partial charge in [-0.1, -0.05) is 6.07 Å². The Morgan fingerprint density at radius 3 is 2.41 bits per heavy atom. The van der Waals surface area contributed by atoms with Crippen LogP contribution in [-0.2, 0) is 15.7 Å². The highest BCUT2D eigenvalue weighted by atomic mass is 19.4. The van der Waals surface area contributed by atoms with Crippen molar-refractivity contribution < 1.29 is 32.3 Å². The minimum atomic E-state index is -4.56. The number of carbonyl (C=O) groups excluding carboxylic acids is 3. The minimum Gasteiger partial charge on any atom is -0.444 e. The van der Waals surface area contributed by atoms with Gasteiger partial charge in [-0.25, -0.2) is 4.79 Å². The van der Waals surface area contributed by atoms with Crippen molar-refractivity contribution in [2.45, 2.75) is 76.7 Å². The molecule has 0 spiro atoms. The van der Waals surface area contributed by atoms with Gasteiger partial charge in [0.1, 0.15) is 5.60 Å². The van der Waals surface area contributed by atoms with Crippen molar-refractivity contribution in [3.05, 3.63) is 35.4 Å². The molecule has 11 heteroatoms. The predicted octanol–water partition coefficient (Wildman–Crippen LogP) is 3.71. The first kappa shape index (κ1) is 28.7. The zero-order valence-corrected chi connectivity index (χ0v) is 21.6. The average Bonchev–Trinajstić information content (AvgIpc) is 3.30. The highest BCUT2D eigenvalue weighted by Crippen LogP contribution is 2.30. The smallest absolute Gasteiger partial charge is 0.416 e. The molecule has 2 unspecified atom stereocenters. The number of rotatable bonds is 7. The van der Waals surface area contributed by atoms with E-state index in [0.717, 1.165) is 50.7 Å². The quantitative estimate of drug-likeness (QED) is 0.503. The maximum absolute atomic E-state index is 12.9. The maximum atomic E-state index is 12.9. The van der Waals surface area contributed by atoms with Crippen LogP contribution >= 0.6 is 0 Å². The molecule has 2 aliphatic rings. The molecule has 1 aliphatic heterocycles. The Labute approximate surface area is 215 Å². The summed E-state index contributed by atoms with van der Waals surface area (Å²) in [6.45, 7) is 7.85. The van der Waals surface area contributed by atoms with Crippen molar-refractivity contribution in [3.63, 3.8) is 0 Å². The molecular weight excluding hydrogens is 489 g/mol. The summed E-state index contributed by atoms with van der Waals surface area (Å²) >= 11 is 0. The van der Waals surface area contributed by atoms with Crippen LogP contribution in [0.15, 0.2) is 24.3 Å². The fraction of sp³-hybridized carbons (Fsp3) is 0.654. The van der Waals surface area contributed by atoms with Crippen LogP contribution in [-0.4, -0.2) is 66.7 Å².